The lowest BCUT2D eigenvalue weighted by molar-refractivity contribution is -0.143. The van der Waals surface area contributed by atoms with Crippen LogP contribution in [-0.2, 0) is 25.7 Å². The summed E-state index contributed by atoms with van der Waals surface area (Å²) in [5, 5.41) is 0. The first-order valence-corrected chi connectivity index (χ1v) is 7.35. The molecule has 0 saturated heterocycles. The van der Waals surface area contributed by atoms with Crippen LogP contribution in [0, 0.1) is 17.3 Å². The third-order valence-corrected chi connectivity index (χ3v) is 4.33. The van der Waals surface area contributed by atoms with Crippen LogP contribution in [0.5, 0.6) is 0 Å². The van der Waals surface area contributed by atoms with E-state index < -0.39 is 0 Å². The van der Waals surface area contributed by atoms with Gasteiger partial charge in [0.15, 0.2) is 0 Å². The maximum absolute atomic E-state index is 12.0. The summed E-state index contributed by atoms with van der Waals surface area (Å²) in [5.41, 5.74) is 1.30. The van der Waals surface area contributed by atoms with Crippen molar-refractivity contribution in [3.8, 4) is 0 Å². The van der Waals surface area contributed by atoms with Crippen LogP contribution < -0.4 is 0 Å². The summed E-state index contributed by atoms with van der Waals surface area (Å²) in [7, 11) is 1.39. The first-order valence-electron chi connectivity index (χ1n) is 7.35. The maximum Gasteiger partial charge on any atom is 0.333 e. The number of carbonyl (C=O) groups is 2. The van der Waals surface area contributed by atoms with E-state index in [2.05, 4.69) is 0 Å². The molecule has 0 spiro atoms. The van der Waals surface area contributed by atoms with E-state index in [0.717, 1.165) is 5.56 Å². The molecule has 1 aliphatic carbocycles. The first kappa shape index (κ1) is 16.3. The Morgan fingerprint density at radius 2 is 1.86 bits per heavy atom. The minimum Gasteiger partial charge on any atom is -0.469 e. The van der Waals surface area contributed by atoms with Crippen LogP contribution in [0.25, 0.3) is 0 Å². The number of rotatable bonds is 5. The van der Waals surface area contributed by atoms with Crippen molar-refractivity contribution in [3.63, 3.8) is 0 Å². The van der Waals surface area contributed by atoms with E-state index in [-0.39, 0.29) is 35.8 Å². The second-order valence-electron chi connectivity index (χ2n) is 6.26. The summed E-state index contributed by atoms with van der Waals surface area (Å²) in [6.45, 7) is 5.96. The Kier molecular flexibility index (Phi) is 4.69. The van der Waals surface area contributed by atoms with Crippen LogP contribution in [0.3, 0.4) is 0 Å². The van der Waals surface area contributed by atoms with E-state index in [4.69, 9.17) is 9.47 Å². The molecule has 0 amide bonds. The molecule has 2 rings (SSSR count). The molecule has 0 N–H and O–H groups in total. The van der Waals surface area contributed by atoms with Crippen LogP contribution in [0.1, 0.15) is 26.3 Å². The number of methoxy groups -OCH3 is 1. The molecular weight excluding hydrogens is 280 g/mol. The van der Waals surface area contributed by atoms with Gasteiger partial charge in [0, 0.05) is 5.57 Å². The van der Waals surface area contributed by atoms with Crippen molar-refractivity contribution < 1.29 is 19.1 Å². The predicted octanol–water partition coefficient (Wildman–Crippen LogP) is 3.12. The highest BCUT2D eigenvalue weighted by atomic mass is 16.5. The van der Waals surface area contributed by atoms with Gasteiger partial charge in [-0.3, -0.25) is 4.79 Å². The Labute approximate surface area is 131 Å². The lowest BCUT2D eigenvalue weighted by atomic mass is 10.1. The van der Waals surface area contributed by atoms with Crippen LogP contribution in [0.2, 0.25) is 0 Å². The van der Waals surface area contributed by atoms with Crippen LogP contribution >= 0.6 is 0 Å². The summed E-state index contributed by atoms with van der Waals surface area (Å²) < 4.78 is 10.1. The average Bonchev–Trinajstić information content (AvgIpc) is 3.05. The lowest BCUT2D eigenvalue weighted by Crippen LogP contribution is -2.08. The summed E-state index contributed by atoms with van der Waals surface area (Å²) >= 11 is 0. The molecule has 1 saturated carbocycles. The lowest BCUT2D eigenvalue weighted by Gasteiger charge is -2.05. The number of allylic oxidation sites excluding steroid dienone is 1. The fraction of sp³-hybridized carbons (Fsp3) is 0.444. The molecule has 0 aromatic heterocycles. The van der Waals surface area contributed by atoms with Crippen molar-refractivity contribution in [2.75, 3.05) is 7.11 Å². The summed E-state index contributed by atoms with van der Waals surface area (Å²) in [6, 6.07) is 9.53. The second kappa shape index (κ2) is 6.34. The van der Waals surface area contributed by atoms with E-state index in [1.165, 1.54) is 7.11 Å². The number of carbonyl (C=O) groups excluding carboxylic acids is 2. The molecule has 1 aliphatic rings. The minimum atomic E-state index is -0.352. The van der Waals surface area contributed by atoms with Crippen LogP contribution in [0.15, 0.2) is 42.0 Å². The Balaban J connectivity index is 1.95. The Hall–Kier alpha value is -2.10. The SMILES string of the molecule is COC(=O)[C@H]1[C@H](/C=C(\C)C(=O)OCc2ccccc2)C1(C)C. The minimum absolute atomic E-state index is 0.0178. The van der Waals surface area contributed by atoms with Gasteiger partial charge in [-0.05, 0) is 23.8 Å². The van der Waals surface area contributed by atoms with Gasteiger partial charge in [-0.2, -0.15) is 0 Å². The highest BCUT2D eigenvalue weighted by Crippen LogP contribution is 2.59. The zero-order chi connectivity index (χ0) is 16.3. The van der Waals surface area contributed by atoms with Crippen molar-refractivity contribution in [2.45, 2.75) is 27.4 Å². The van der Waals surface area contributed by atoms with E-state index in [1.807, 2.05) is 50.3 Å². The molecule has 0 radical (unpaired) electrons. The Bertz CT molecular complexity index is 586. The number of benzene rings is 1. The maximum atomic E-state index is 12.0. The van der Waals surface area contributed by atoms with Crippen molar-refractivity contribution in [1.29, 1.82) is 0 Å². The van der Waals surface area contributed by atoms with Crippen molar-refractivity contribution >= 4 is 11.9 Å². The molecule has 118 valence electrons. The molecule has 4 heteroatoms. The van der Waals surface area contributed by atoms with Gasteiger partial charge in [0.05, 0.1) is 13.0 Å². The van der Waals surface area contributed by atoms with E-state index >= 15 is 0 Å². The number of esters is 2. The van der Waals surface area contributed by atoms with Gasteiger partial charge >= 0.3 is 11.9 Å². The molecule has 2 atom stereocenters. The summed E-state index contributed by atoms with van der Waals surface area (Å²) in [5.74, 6) is -0.745. The fourth-order valence-corrected chi connectivity index (χ4v) is 2.74. The van der Waals surface area contributed by atoms with Crippen molar-refractivity contribution in [1.82, 2.24) is 0 Å². The van der Waals surface area contributed by atoms with Gasteiger partial charge in [-0.15, -0.1) is 0 Å². The molecule has 1 aromatic rings. The van der Waals surface area contributed by atoms with E-state index in [0.29, 0.717) is 5.57 Å². The monoisotopic (exact) mass is 302 g/mol. The standard InChI is InChI=1S/C18H22O4/c1-12(10-14-15(17(20)21-4)18(14,2)3)16(19)22-11-13-8-6-5-7-9-13/h5-10,14-15H,11H2,1-4H3/b12-10+/t14-,15+/m0/s1. The third kappa shape index (κ3) is 3.38. The van der Waals surface area contributed by atoms with Gasteiger partial charge in [0.1, 0.15) is 6.61 Å². The van der Waals surface area contributed by atoms with E-state index in [1.54, 1.807) is 6.92 Å². The molecule has 22 heavy (non-hydrogen) atoms. The van der Waals surface area contributed by atoms with Crippen LogP contribution in [0.4, 0.5) is 0 Å². The summed E-state index contributed by atoms with van der Waals surface area (Å²) in [6.07, 6.45) is 1.83. The summed E-state index contributed by atoms with van der Waals surface area (Å²) in [4.78, 5) is 23.7. The second-order valence-corrected chi connectivity index (χ2v) is 6.26. The normalized spacial score (nSPS) is 22.8. The molecule has 1 fully saturated rings. The van der Waals surface area contributed by atoms with E-state index in [9.17, 15) is 9.59 Å². The van der Waals surface area contributed by atoms with Gasteiger partial charge in [0.2, 0.25) is 0 Å². The topological polar surface area (TPSA) is 52.6 Å². The smallest absolute Gasteiger partial charge is 0.333 e. The zero-order valence-electron chi connectivity index (χ0n) is 13.5. The predicted molar refractivity (Wildman–Crippen MR) is 82.8 cm³/mol. The van der Waals surface area contributed by atoms with Crippen molar-refractivity contribution in [3.05, 3.63) is 47.5 Å². The Morgan fingerprint density at radius 1 is 1.23 bits per heavy atom. The highest BCUT2D eigenvalue weighted by molar-refractivity contribution is 5.88. The quantitative estimate of drug-likeness (QED) is 0.619. The molecule has 1 aromatic carbocycles. The van der Waals surface area contributed by atoms with Gasteiger partial charge < -0.3 is 9.47 Å². The Morgan fingerprint density at radius 3 is 2.45 bits per heavy atom. The van der Waals surface area contributed by atoms with Gasteiger partial charge in [-0.25, -0.2) is 4.79 Å². The van der Waals surface area contributed by atoms with Gasteiger partial charge in [0.25, 0.3) is 0 Å². The number of hydrogen-bond donors (Lipinski definition) is 0. The van der Waals surface area contributed by atoms with Gasteiger partial charge in [-0.1, -0.05) is 50.3 Å². The number of ether oxygens (including phenoxy) is 2. The molecule has 0 unspecified atom stereocenters. The first-order chi connectivity index (χ1) is 10.4. The zero-order valence-corrected chi connectivity index (χ0v) is 13.5. The number of hydrogen-bond acceptors (Lipinski definition) is 4. The fourth-order valence-electron chi connectivity index (χ4n) is 2.74. The molecule has 0 aliphatic heterocycles. The molecule has 0 bridgehead atoms. The third-order valence-electron chi connectivity index (χ3n) is 4.33. The largest absolute Gasteiger partial charge is 0.469 e. The highest BCUT2D eigenvalue weighted by Gasteiger charge is 2.61. The average molecular weight is 302 g/mol. The molecule has 0 heterocycles. The molecular formula is C18H22O4. The molecule has 4 nitrogen and oxygen atoms in total. The van der Waals surface area contributed by atoms with Crippen LogP contribution in [-0.4, -0.2) is 19.0 Å². The van der Waals surface area contributed by atoms with Crippen molar-refractivity contribution in [2.24, 2.45) is 17.3 Å².